The summed E-state index contributed by atoms with van der Waals surface area (Å²) in [5.74, 6) is -5.39. The van der Waals surface area contributed by atoms with E-state index >= 15 is 0 Å². The Labute approximate surface area is 187 Å². The monoisotopic (exact) mass is 451 g/mol. The van der Waals surface area contributed by atoms with Crippen LogP contribution in [0.3, 0.4) is 0 Å². The van der Waals surface area contributed by atoms with Gasteiger partial charge in [0.2, 0.25) is 11.8 Å². The highest BCUT2D eigenvalue weighted by Gasteiger charge is 2.63. The molecular weight excluding hydrogens is 434 g/mol. The van der Waals surface area contributed by atoms with E-state index in [1.165, 1.54) is 10.6 Å². The van der Waals surface area contributed by atoms with Gasteiger partial charge in [-0.3, -0.25) is 23.7 Å². The van der Waals surface area contributed by atoms with Gasteiger partial charge in [-0.15, -0.1) is 0 Å². The van der Waals surface area contributed by atoms with Crippen molar-refractivity contribution in [3.63, 3.8) is 0 Å². The largest absolute Gasteiger partial charge is 0.481 e. The second-order valence-corrected chi connectivity index (χ2v) is 7.79. The molecule has 32 heavy (non-hydrogen) atoms. The van der Waals surface area contributed by atoms with Crippen molar-refractivity contribution in [3.8, 4) is 5.69 Å². The number of amides is 2. The zero-order chi connectivity index (χ0) is 22.8. The summed E-state index contributed by atoms with van der Waals surface area (Å²) in [6.45, 7) is 0. The molecule has 9 heteroatoms. The molecular formula is C23H18ClN3O5. The molecule has 1 aromatic heterocycles. The van der Waals surface area contributed by atoms with Crippen LogP contribution in [0.1, 0.15) is 0 Å². The van der Waals surface area contributed by atoms with Crippen LogP contribution in [-0.4, -0.2) is 27.5 Å². The molecule has 0 spiro atoms. The number of nitrogens with zero attached hydrogens (tertiary/aromatic N) is 1. The Hall–Kier alpha value is -3.91. The second-order valence-electron chi connectivity index (χ2n) is 7.36. The number of rotatable bonds is 6. The Morgan fingerprint density at radius 3 is 1.81 bits per heavy atom. The van der Waals surface area contributed by atoms with Crippen molar-refractivity contribution >= 4 is 40.8 Å². The number of carbonyl (C=O) groups excluding carboxylic acids is 2. The predicted octanol–water partition coefficient (Wildman–Crippen LogP) is 3.01. The molecule has 0 saturated heterocycles. The Kier molecular flexibility index (Phi) is 5.79. The lowest BCUT2D eigenvalue weighted by Crippen LogP contribution is -2.20. The molecule has 2 amide bonds. The Morgan fingerprint density at radius 2 is 1.31 bits per heavy atom. The fraction of sp³-hybridized carbons (Fsp3) is 0.130. The number of pyridine rings is 1. The van der Waals surface area contributed by atoms with Crippen molar-refractivity contribution in [2.75, 3.05) is 10.6 Å². The summed E-state index contributed by atoms with van der Waals surface area (Å²) in [6.07, 6.45) is 1.63. The van der Waals surface area contributed by atoms with Crippen molar-refractivity contribution in [2.45, 2.75) is 0 Å². The number of anilines is 2. The molecule has 1 heterocycles. The van der Waals surface area contributed by atoms with Gasteiger partial charge in [-0.05, 0) is 54.6 Å². The van der Waals surface area contributed by atoms with Gasteiger partial charge in [-0.25, -0.2) is 0 Å². The molecule has 4 rings (SSSR count). The third-order valence-corrected chi connectivity index (χ3v) is 5.51. The summed E-state index contributed by atoms with van der Waals surface area (Å²) < 4.78 is 1.45. The number of carboxylic acids is 1. The topological polar surface area (TPSA) is 118 Å². The van der Waals surface area contributed by atoms with E-state index in [0.29, 0.717) is 22.1 Å². The van der Waals surface area contributed by atoms with Crippen LogP contribution in [0.5, 0.6) is 0 Å². The van der Waals surface area contributed by atoms with Crippen LogP contribution in [0, 0.1) is 17.8 Å². The second kappa shape index (κ2) is 8.68. The first-order valence-electron chi connectivity index (χ1n) is 9.73. The molecule has 2 aromatic carbocycles. The highest BCUT2D eigenvalue weighted by atomic mass is 35.5. The van der Waals surface area contributed by atoms with Gasteiger partial charge in [0, 0.05) is 34.3 Å². The van der Waals surface area contributed by atoms with Crippen molar-refractivity contribution < 1.29 is 19.5 Å². The SMILES string of the molecule is O=C(O)C1C(C(=O)Nc2ccc(Cl)cc2)C1C(=O)Nc1ccc(-n2ccccc2=O)cc1. The van der Waals surface area contributed by atoms with Gasteiger partial charge in [0.1, 0.15) is 0 Å². The molecule has 0 aliphatic heterocycles. The van der Waals surface area contributed by atoms with Gasteiger partial charge >= 0.3 is 5.97 Å². The smallest absolute Gasteiger partial charge is 0.308 e. The quantitative estimate of drug-likeness (QED) is 0.532. The molecule has 3 N–H and O–H groups in total. The molecule has 162 valence electrons. The Morgan fingerprint density at radius 1 is 0.781 bits per heavy atom. The summed E-state index contributed by atoms with van der Waals surface area (Å²) in [6, 6.07) is 17.7. The van der Waals surface area contributed by atoms with Gasteiger partial charge in [-0.1, -0.05) is 17.7 Å². The number of halogens is 1. The molecule has 3 aromatic rings. The summed E-state index contributed by atoms with van der Waals surface area (Å²) in [5.41, 5.74) is 1.31. The minimum absolute atomic E-state index is 0.193. The van der Waals surface area contributed by atoms with Crippen LogP contribution in [0.15, 0.2) is 77.7 Å². The zero-order valence-corrected chi connectivity index (χ0v) is 17.3. The van der Waals surface area contributed by atoms with Crippen molar-refractivity contribution in [1.82, 2.24) is 4.57 Å². The van der Waals surface area contributed by atoms with E-state index in [1.807, 2.05) is 0 Å². The summed E-state index contributed by atoms with van der Waals surface area (Å²) in [7, 11) is 0. The standard InChI is InChI=1S/C23H18ClN3O5/c24-13-4-6-14(7-5-13)25-21(29)18-19(20(18)23(31)32)22(30)26-15-8-10-16(11-9-15)27-12-2-1-3-17(27)28/h1-12,18-20H,(H,25,29)(H,26,30)(H,31,32). The van der Waals surface area contributed by atoms with E-state index in [4.69, 9.17) is 11.6 Å². The van der Waals surface area contributed by atoms with Crippen LogP contribution in [0.4, 0.5) is 11.4 Å². The maximum atomic E-state index is 12.7. The molecule has 0 radical (unpaired) electrons. The Bertz CT molecular complexity index is 1240. The number of aliphatic carboxylic acids is 1. The molecule has 1 aliphatic rings. The minimum atomic E-state index is -1.21. The van der Waals surface area contributed by atoms with Gasteiger partial charge in [0.25, 0.3) is 5.56 Å². The number of aromatic nitrogens is 1. The number of nitrogens with one attached hydrogen (secondary N) is 2. The molecule has 3 unspecified atom stereocenters. The summed E-state index contributed by atoms with van der Waals surface area (Å²) in [4.78, 5) is 48.7. The van der Waals surface area contributed by atoms with Crippen molar-refractivity contribution in [2.24, 2.45) is 17.8 Å². The number of carboxylic acid groups (broad SMARTS) is 1. The van der Waals surface area contributed by atoms with E-state index in [-0.39, 0.29) is 5.56 Å². The van der Waals surface area contributed by atoms with Gasteiger partial charge < -0.3 is 15.7 Å². The molecule has 0 bridgehead atoms. The number of hydrogen-bond donors (Lipinski definition) is 3. The minimum Gasteiger partial charge on any atom is -0.481 e. The highest BCUT2D eigenvalue weighted by Crippen LogP contribution is 2.48. The first-order valence-corrected chi connectivity index (χ1v) is 10.1. The number of carbonyl (C=O) groups is 3. The van der Waals surface area contributed by atoms with E-state index in [0.717, 1.165) is 0 Å². The molecule has 8 nitrogen and oxygen atoms in total. The highest BCUT2D eigenvalue weighted by molar-refractivity contribution is 6.30. The number of hydrogen-bond acceptors (Lipinski definition) is 4. The first kappa shape index (κ1) is 21.3. The van der Waals surface area contributed by atoms with Crippen LogP contribution in [0.25, 0.3) is 5.69 Å². The fourth-order valence-corrected chi connectivity index (χ4v) is 3.73. The van der Waals surface area contributed by atoms with E-state index in [2.05, 4.69) is 10.6 Å². The van der Waals surface area contributed by atoms with Crippen LogP contribution >= 0.6 is 11.6 Å². The maximum absolute atomic E-state index is 12.7. The van der Waals surface area contributed by atoms with Gasteiger partial charge in [-0.2, -0.15) is 0 Å². The third-order valence-electron chi connectivity index (χ3n) is 5.26. The first-order chi connectivity index (χ1) is 15.3. The average Bonchev–Trinajstić information content (AvgIpc) is 3.53. The van der Waals surface area contributed by atoms with E-state index in [9.17, 15) is 24.3 Å². The summed E-state index contributed by atoms with van der Waals surface area (Å²) >= 11 is 5.82. The predicted molar refractivity (Wildman–Crippen MR) is 119 cm³/mol. The van der Waals surface area contributed by atoms with Crippen molar-refractivity contribution in [3.05, 3.63) is 88.3 Å². The van der Waals surface area contributed by atoms with Gasteiger partial charge in [0.15, 0.2) is 0 Å². The fourth-order valence-electron chi connectivity index (χ4n) is 3.60. The zero-order valence-electron chi connectivity index (χ0n) is 16.6. The van der Waals surface area contributed by atoms with Crippen LogP contribution < -0.4 is 16.2 Å². The van der Waals surface area contributed by atoms with Crippen LogP contribution in [-0.2, 0) is 14.4 Å². The lowest BCUT2D eigenvalue weighted by molar-refractivity contribution is -0.140. The van der Waals surface area contributed by atoms with Crippen LogP contribution in [0.2, 0.25) is 5.02 Å². The van der Waals surface area contributed by atoms with Crippen molar-refractivity contribution in [1.29, 1.82) is 0 Å². The normalized spacial score (nSPS) is 19.1. The number of benzene rings is 2. The van der Waals surface area contributed by atoms with E-state index in [1.54, 1.807) is 66.9 Å². The molecule has 3 atom stereocenters. The molecule has 1 fully saturated rings. The maximum Gasteiger partial charge on any atom is 0.308 e. The van der Waals surface area contributed by atoms with Gasteiger partial charge in [0.05, 0.1) is 17.8 Å². The Balaban J connectivity index is 1.44. The lowest BCUT2D eigenvalue weighted by Gasteiger charge is -2.08. The summed E-state index contributed by atoms with van der Waals surface area (Å²) in [5, 5.41) is 15.2. The van der Waals surface area contributed by atoms with E-state index < -0.39 is 35.5 Å². The molecule has 1 aliphatic carbocycles. The molecule has 1 saturated carbocycles. The average molecular weight is 452 g/mol. The third kappa shape index (κ3) is 4.40. The lowest BCUT2D eigenvalue weighted by atomic mass is 10.2.